The molecule has 1 rings (SSSR count). The molecule has 2 heteroatoms. The van der Waals surface area contributed by atoms with Crippen molar-refractivity contribution in [3.8, 4) is 0 Å². The van der Waals surface area contributed by atoms with Gasteiger partial charge in [-0.2, -0.15) is 0 Å². The summed E-state index contributed by atoms with van der Waals surface area (Å²) in [5, 5.41) is 3.59. The van der Waals surface area contributed by atoms with E-state index in [4.69, 9.17) is 0 Å². The quantitative estimate of drug-likeness (QED) is 0.558. The molecular weight excluding hydrogens is 244 g/mol. The van der Waals surface area contributed by atoms with Gasteiger partial charge >= 0.3 is 0 Å². The van der Waals surface area contributed by atoms with Crippen LogP contribution >= 0.6 is 0 Å². The van der Waals surface area contributed by atoms with Crippen molar-refractivity contribution in [1.82, 2.24) is 10.2 Å². The number of nitrogens with zero attached hydrogens (tertiary/aromatic N) is 1. The van der Waals surface area contributed by atoms with Crippen LogP contribution in [0.3, 0.4) is 0 Å². The molecule has 0 bridgehead atoms. The molecule has 0 spiro atoms. The smallest absolute Gasteiger partial charge is 0.0306 e. The van der Waals surface area contributed by atoms with E-state index in [1.54, 1.807) is 0 Å². The van der Waals surface area contributed by atoms with E-state index in [2.05, 4.69) is 38.0 Å². The third kappa shape index (κ3) is 5.73. The predicted octanol–water partition coefficient (Wildman–Crippen LogP) is 4.59. The Morgan fingerprint density at radius 2 is 1.50 bits per heavy atom. The van der Waals surface area contributed by atoms with Gasteiger partial charge in [-0.05, 0) is 53.2 Å². The molecule has 20 heavy (non-hydrogen) atoms. The maximum atomic E-state index is 3.59. The average Bonchev–Trinajstić information content (AvgIpc) is 2.96. The van der Waals surface area contributed by atoms with E-state index >= 15 is 0 Å². The van der Waals surface area contributed by atoms with Crippen LogP contribution in [0, 0.1) is 0 Å². The van der Waals surface area contributed by atoms with Gasteiger partial charge in [-0.1, -0.05) is 51.9 Å². The summed E-state index contributed by atoms with van der Waals surface area (Å²) in [4.78, 5) is 2.69. The minimum Gasteiger partial charge on any atom is -0.315 e. The van der Waals surface area contributed by atoms with E-state index < -0.39 is 0 Å². The Kier molecular flexibility index (Phi) is 8.79. The van der Waals surface area contributed by atoms with Crippen molar-refractivity contribution in [2.45, 2.75) is 96.6 Å². The standard InChI is InChI=1S/C18H38N2/c1-5-6-7-8-9-10-11-14-17(19-4)18(2,3)20-15-12-13-16-20/h17,19H,5-16H2,1-4H3. The highest BCUT2D eigenvalue weighted by molar-refractivity contribution is 4.94. The molecule has 1 heterocycles. The van der Waals surface area contributed by atoms with Gasteiger partial charge in [0.25, 0.3) is 0 Å². The van der Waals surface area contributed by atoms with Gasteiger partial charge < -0.3 is 5.32 Å². The molecule has 1 unspecified atom stereocenters. The number of hydrogen-bond acceptors (Lipinski definition) is 2. The molecule has 1 aliphatic rings. The topological polar surface area (TPSA) is 15.3 Å². The predicted molar refractivity (Wildman–Crippen MR) is 90.3 cm³/mol. The molecule has 1 fully saturated rings. The van der Waals surface area contributed by atoms with Crippen molar-refractivity contribution in [3.05, 3.63) is 0 Å². The van der Waals surface area contributed by atoms with Gasteiger partial charge in [-0.15, -0.1) is 0 Å². The van der Waals surface area contributed by atoms with Crippen molar-refractivity contribution in [3.63, 3.8) is 0 Å². The lowest BCUT2D eigenvalue weighted by Gasteiger charge is -2.42. The van der Waals surface area contributed by atoms with E-state index in [9.17, 15) is 0 Å². The first-order valence-corrected chi connectivity index (χ1v) is 9.05. The largest absolute Gasteiger partial charge is 0.315 e. The van der Waals surface area contributed by atoms with Crippen molar-refractivity contribution >= 4 is 0 Å². The lowest BCUT2D eigenvalue weighted by molar-refractivity contribution is 0.105. The number of unbranched alkanes of at least 4 members (excludes halogenated alkanes) is 6. The van der Waals surface area contributed by atoms with Gasteiger partial charge in [0.05, 0.1) is 0 Å². The van der Waals surface area contributed by atoms with Gasteiger partial charge in [0, 0.05) is 11.6 Å². The van der Waals surface area contributed by atoms with Crippen LogP contribution < -0.4 is 5.32 Å². The van der Waals surface area contributed by atoms with E-state index in [1.165, 1.54) is 77.3 Å². The average molecular weight is 283 g/mol. The minimum absolute atomic E-state index is 0.313. The summed E-state index contributed by atoms with van der Waals surface area (Å²) in [5.41, 5.74) is 0.313. The second-order valence-corrected chi connectivity index (χ2v) is 7.10. The molecule has 0 aliphatic carbocycles. The lowest BCUT2D eigenvalue weighted by Crippen LogP contribution is -2.56. The van der Waals surface area contributed by atoms with Gasteiger partial charge in [0.1, 0.15) is 0 Å². The van der Waals surface area contributed by atoms with Crippen LogP contribution in [0.5, 0.6) is 0 Å². The first-order chi connectivity index (χ1) is 9.62. The normalized spacial score (nSPS) is 18.6. The van der Waals surface area contributed by atoms with Crippen molar-refractivity contribution in [1.29, 1.82) is 0 Å². The van der Waals surface area contributed by atoms with Crippen LogP contribution in [0.15, 0.2) is 0 Å². The van der Waals surface area contributed by atoms with Crippen LogP contribution in [0.25, 0.3) is 0 Å². The Hall–Kier alpha value is -0.0800. The third-order valence-electron chi connectivity index (χ3n) is 5.22. The number of nitrogens with one attached hydrogen (secondary N) is 1. The minimum atomic E-state index is 0.313. The zero-order valence-electron chi connectivity index (χ0n) is 14.5. The second kappa shape index (κ2) is 9.78. The molecule has 0 saturated carbocycles. The van der Waals surface area contributed by atoms with Gasteiger partial charge in [0.15, 0.2) is 0 Å². The molecule has 0 aromatic rings. The number of likely N-dealkylation sites (tertiary alicyclic amines) is 1. The summed E-state index contributed by atoms with van der Waals surface area (Å²) in [7, 11) is 2.14. The molecule has 0 amide bonds. The Morgan fingerprint density at radius 1 is 0.950 bits per heavy atom. The molecular formula is C18H38N2. The van der Waals surface area contributed by atoms with Crippen molar-refractivity contribution in [2.24, 2.45) is 0 Å². The Morgan fingerprint density at radius 3 is 2.05 bits per heavy atom. The van der Waals surface area contributed by atoms with E-state index in [0.717, 1.165) is 0 Å². The molecule has 1 saturated heterocycles. The zero-order valence-corrected chi connectivity index (χ0v) is 14.5. The fourth-order valence-electron chi connectivity index (χ4n) is 3.67. The fourth-order valence-corrected chi connectivity index (χ4v) is 3.67. The summed E-state index contributed by atoms with van der Waals surface area (Å²) in [6.07, 6.45) is 14.0. The molecule has 0 radical (unpaired) electrons. The summed E-state index contributed by atoms with van der Waals surface area (Å²) in [6, 6.07) is 0.635. The highest BCUT2D eigenvalue weighted by Gasteiger charge is 2.35. The van der Waals surface area contributed by atoms with Crippen LogP contribution in [0.4, 0.5) is 0 Å². The zero-order chi connectivity index (χ0) is 14.8. The maximum Gasteiger partial charge on any atom is 0.0306 e. The highest BCUT2D eigenvalue weighted by Crippen LogP contribution is 2.27. The maximum absolute atomic E-state index is 3.59. The van der Waals surface area contributed by atoms with Crippen molar-refractivity contribution < 1.29 is 0 Å². The molecule has 1 aliphatic heterocycles. The van der Waals surface area contributed by atoms with Crippen LogP contribution in [-0.2, 0) is 0 Å². The molecule has 1 atom stereocenters. The molecule has 0 aromatic carbocycles. The molecule has 2 nitrogen and oxygen atoms in total. The van der Waals surface area contributed by atoms with Gasteiger partial charge in [-0.3, -0.25) is 4.90 Å². The number of rotatable bonds is 11. The second-order valence-electron chi connectivity index (χ2n) is 7.10. The van der Waals surface area contributed by atoms with Gasteiger partial charge in [-0.25, -0.2) is 0 Å². The Bertz CT molecular complexity index is 232. The third-order valence-corrected chi connectivity index (χ3v) is 5.22. The van der Waals surface area contributed by atoms with Crippen LogP contribution in [-0.4, -0.2) is 36.6 Å². The number of hydrogen-bond donors (Lipinski definition) is 1. The fraction of sp³-hybridized carbons (Fsp3) is 1.00. The van der Waals surface area contributed by atoms with Crippen molar-refractivity contribution in [2.75, 3.05) is 20.1 Å². The Labute approximate surface area is 127 Å². The lowest BCUT2D eigenvalue weighted by atomic mass is 9.88. The monoisotopic (exact) mass is 282 g/mol. The summed E-state index contributed by atoms with van der Waals surface area (Å²) in [6.45, 7) is 9.74. The van der Waals surface area contributed by atoms with Crippen LogP contribution in [0.2, 0.25) is 0 Å². The molecule has 120 valence electrons. The molecule has 1 N–H and O–H groups in total. The molecule has 0 aromatic heterocycles. The first kappa shape index (κ1) is 18.0. The van der Waals surface area contributed by atoms with E-state index in [-0.39, 0.29) is 0 Å². The SMILES string of the molecule is CCCCCCCCCC(NC)C(C)(C)N1CCCC1. The highest BCUT2D eigenvalue weighted by atomic mass is 15.2. The Balaban J connectivity index is 2.21. The number of likely N-dealkylation sites (N-methyl/N-ethyl adjacent to an activating group) is 1. The van der Waals surface area contributed by atoms with Crippen LogP contribution in [0.1, 0.15) is 85.0 Å². The summed E-state index contributed by atoms with van der Waals surface area (Å²) in [5.74, 6) is 0. The summed E-state index contributed by atoms with van der Waals surface area (Å²) < 4.78 is 0. The summed E-state index contributed by atoms with van der Waals surface area (Å²) >= 11 is 0. The van der Waals surface area contributed by atoms with E-state index in [1.807, 2.05) is 0 Å². The van der Waals surface area contributed by atoms with Gasteiger partial charge in [0.2, 0.25) is 0 Å². The first-order valence-electron chi connectivity index (χ1n) is 9.05. The van der Waals surface area contributed by atoms with E-state index in [0.29, 0.717) is 11.6 Å².